The third-order valence-electron chi connectivity index (χ3n) is 16.4. The fraction of sp³-hybridized carbons (Fsp3) is 0.452. The number of nitrogens with one attached hydrogen (secondary N) is 4. The Labute approximate surface area is 503 Å². The zero-order chi connectivity index (χ0) is 61.9. The summed E-state index contributed by atoms with van der Waals surface area (Å²) in [7, 11) is 2.94. The monoisotopic (exact) mass is 1200 g/mol. The average Bonchev–Trinajstić information content (AvgIpc) is 1.84. The highest BCUT2D eigenvalue weighted by Crippen LogP contribution is 2.44. The van der Waals surface area contributed by atoms with Crippen LogP contribution < -0.4 is 50.8 Å². The van der Waals surface area contributed by atoms with Crippen LogP contribution in [0.1, 0.15) is 110 Å². The predicted octanol–water partition coefficient (Wildman–Crippen LogP) is 5.32. The molecule has 6 aliphatic rings. The summed E-state index contributed by atoms with van der Waals surface area (Å²) in [6.45, 7) is 9.63. The maximum atomic E-state index is 14.3. The summed E-state index contributed by atoms with van der Waals surface area (Å²) in [6, 6.07) is 9.81. The Bertz CT molecular complexity index is 3250. The summed E-state index contributed by atoms with van der Waals surface area (Å²) < 4.78 is 29.5. The number of hydrogen-bond donors (Lipinski definition) is 6. The molecule has 9 rings (SSSR count). The quantitative estimate of drug-likeness (QED) is 0.0244. The van der Waals surface area contributed by atoms with Crippen molar-refractivity contribution < 1.29 is 71.9 Å². The lowest BCUT2D eigenvalue weighted by molar-refractivity contribution is -0.151. The zero-order valence-corrected chi connectivity index (χ0v) is 48.9. The Kier molecular flexibility index (Phi) is 19.9. The summed E-state index contributed by atoms with van der Waals surface area (Å²) >= 11 is 0. The van der Waals surface area contributed by atoms with Crippen molar-refractivity contribution >= 4 is 76.8 Å². The van der Waals surface area contributed by atoms with E-state index in [-0.39, 0.29) is 118 Å². The summed E-state index contributed by atoms with van der Waals surface area (Å²) in [5, 5.41) is 22.9. The van der Waals surface area contributed by atoms with Crippen molar-refractivity contribution in [3.05, 3.63) is 102 Å². The summed E-state index contributed by atoms with van der Waals surface area (Å²) in [5.41, 5.74) is 7.38. The number of unbranched alkanes of at least 4 members (excludes halogenated alkanes) is 4. The van der Waals surface area contributed by atoms with Crippen molar-refractivity contribution in [2.45, 2.75) is 114 Å². The number of nitrogens with zero attached hydrogens (tertiary/aromatic N) is 5. The molecule has 3 fully saturated rings. The first-order valence-corrected chi connectivity index (χ1v) is 29.3. The number of carbonyl (C=O) groups is 9. The Morgan fingerprint density at radius 2 is 1.38 bits per heavy atom. The second-order valence-corrected chi connectivity index (χ2v) is 22.4. The Morgan fingerprint density at radius 1 is 0.747 bits per heavy atom. The lowest BCUT2D eigenvalue weighted by atomic mass is 9.67. The van der Waals surface area contributed by atoms with Gasteiger partial charge in [0.2, 0.25) is 17.7 Å². The number of nitrogens with two attached hydrogens (primary N) is 1. The highest BCUT2D eigenvalue weighted by molar-refractivity contribution is 6.13. The Balaban J connectivity index is 0.796. The van der Waals surface area contributed by atoms with Gasteiger partial charge in [-0.2, -0.15) is 0 Å². The van der Waals surface area contributed by atoms with Crippen LogP contribution >= 0.6 is 0 Å². The molecular weight excluding hydrogens is 1120 g/mol. The van der Waals surface area contributed by atoms with Gasteiger partial charge in [-0.05, 0) is 107 Å². The smallest absolute Gasteiger partial charge is 0.416 e. The van der Waals surface area contributed by atoms with E-state index in [1.54, 1.807) is 47.5 Å². The second kappa shape index (κ2) is 27.8. The predicted molar refractivity (Wildman–Crippen MR) is 318 cm³/mol. The first-order chi connectivity index (χ1) is 41.9. The SMILES string of the molecule is C=C1C[C@H]2C=Nc3cc(OCCCCCOc4cc5c(cc4OC)C(=O)N4CC(=C)C[C@H]4[C@H](O)N5C(=O)OCc4ccc(NC(=O)[C@H](CCCNC(N)=O)NC(=O)C5(C(=O)NCCCCCN6C(=O)C=CC6=O)CCC5)cc4)c(OC)cc3C(=O)N2C1. The fourth-order valence-corrected chi connectivity index (χ4v) is 11.4. The molecule has 3 aromatic carbocycles. The number of fused-ring (bicyclic) bond motifs is 4. The van der Waals surface area contributed by atoms with Crippen molar-refractivity contribution in [1.82, 2.24) is 30.7 Å². The van der Waals surface area contributed by atoms with Crippen LogP contribution in [0.5, 0.6) is 23.0 Å². The summed E-state index contributed by atoms with van der Waals surface area (Å²) in [4.78, 5) is 128. The van der Waals surface area contributed by atoms with Crippen LogP contribution in [-0.2, 0) is 35.3 Å². The van der Waals surface area contributed by atoms with Gasteiger partial charge in [0.25, 0.3) is 23.6 Å². The molecule has 0 unspecified atom stereocenters. The first kappa shape index (κ1) is 62.3. The van der Waals surface area contributed by atoms with Crippen LogP contribution in [0.15, 0.2) is 90.0 Å². The second-order valence-electron chi connectivity index (χ2n) is 22.4. The molecule has 1 saturated carbocycles. The molecule has 3 aromatic rings. The molecule has 10 amide bonds. The number of aliphatic hydroxyl groups is 1. The van der Waals surface area contributed by atoms with E-state index in [1.807, 2.05) is 0 Å². The molecule has 0 bridgehead atoms. The molecule has 5 aliphatic heterocycles. The van der Waals surface area contributed by atoms with E-state index >= 15 is 0 Å². The van der Waals surface area contributed by atoms with Gasteiger partial charge in [-0.25, -0.2) is 14.5 Å². The standard InChI is InChI=1S/C62H74N10O15/c1-37-27-41-33-66-45-31-50(48(83-3)29-42(45)55(76)70(41)34-37)85-25-9-6-10-26-86-51-32-46-43(30-49(51)84-4)56(77)71-35-38(2)28-47(71)57(78)72(46)61(82)87-36-39-14-16-40(17-15-39)67-54(75)44(13-11-23-65-60(63)81)68-59(80)62(20-12-21-62)58(79)64-22-7-5-8-24-69-52(73)18-19-53(69)74/h14-19,29-33,41,44,47,57,78H,1-2,5-13,20-28,34-36H2,3-4H3,(H,64,79)(H,67,75)(H,68,80)(H3,63,65,81)/t41-,44-,47-,57-/m0/s1. The van der Waals surface area contributed by atoms with E-state index in [2.05, 4.69) is 39.4 Å². The minimum atomic E-state index is -1.56. The number of rotatable bonds is 27. The molecule has 1 aliphatic carbocycles. The third kappa shape index (κ3) is 14.2. The molecule has 87 heavy (non-hydrogen) atoms. The topological polar surface area (TPSA) is 319 Å². The minimum absolute atomic E-state index is 0.0418. The maximum Gasteiger partial charge on any atom is 0.416 e. The van der Waals surface area contributed by atoms with Crippen molar-refractivity contribution in [1.29, 1.82) is 0 Å². The lowest BCUT2D eigenvalue weighted by Crippen LogP contribution is -2.58. The van der Waals surface area contributed by atoms with Gasteiger partial charge in [0.15, 0.2) is 29.2 Å². The molecule has 7 N–H and O–H groups in total. The molecule has 0 radical (unpaired) electrons. The molecule has 25 nitrogen and oxygen atoms in total. The number of aliphatic hydroxyl groups excluding tert-OH is 1. The molecule has 4 atom stereocenters. The van der Waals surface area contributed by atoms with Crippen molar-refractivity contribution in [3.8, 4) is 23.0 Å². The van der Waals surface area contributed by atoms with Gasteiger partial charge >= 0.3 is 12.1 Å². The number of anilines is 2. The van der Waals surface area contributed by atoms with E-state index in [0.717, 1.165) is 15.4 Å². The third-order valence-corrected chi connectivity index (χ3v) is 16.4. The number of ether oxygens (including phenoxy) is 5. The van der Waals surface area contributed by atoms with E-state index in [9.17, 15) is 48.3 Å². The van der Waals surface area contributed by atoms with Gasteiger partial charge in [0.1, 0.15) is 18.1 Å². The minimum Gasteiger partial charge on any atom is -0.493 e. The molecule has 5 heterocycles. The highest BCUT2D eigenvalue weighted by atomic mass is 16.6. The van der Waals surface area contributed by atoms with Gasteiger partial charge in [0, 0.05) is 68.9 Å². The summed E-state index contributed by atoms with van der Waals surface area (Å²) in [5.74, 6) is -1.66. The number of amides is 10. The van der Waals surface area contributed by atoms with Crippen LogP contribution in [0.4, 0.5) is 26.7 Å². The van der Waals surface area contributed by atoms with E-state index in [4.69, 9.17) is 29.4 Å². The largest absolute Gasteiger partial charge is 0.493 e. The molecule has 2 saturated heterocycles. The zero-order valence-electron chi connectivity index (χ0n) is 48.9. The van der Waals surface area contributed by atoms with Crippen molar-refractivity contribution in [2.24, 2.45) is 16.1 Å². The number of hydrogen-bond acceptors (Lipinski definition) is 16. The van der Waals surface area contributed by atoms with Crippen LogP contribution in [0.25, 0.3) is 0 Å². The van der Waals surface area contributed by atoms with Gasteiger partial charge in [-0.1, -0.05) is 42.9 Å². The van der Waals surface area contributed by atoms with E-state index < -0.39 is 59.5 Å². The number of primary amides is 1. The van der Waals surface area contributed by atoms with E-state index in [1.165, 1.54) is 43.4 Å². The van der Waals surface area contributed by atoms with Crippen LogP contribution in [-0.4, -0.2) is 164 Å². The van der Waals surface area contributed by atoms with Crippen LogP contribution in [0, 0.1) is 5.41 Å². The van der Waals surface area contributed by atoms with Gasteiger partial charge in [-0.15, -0.1) is 0 Å². The lowest BCUT2D eigenvalue weighted by Gasteiger charge is -2.39. The number of aliphatic imine (C=N–C) groups is 1. The molecule has 25 heteroatoms. The number of carbonyl (C=O) groups excluding carboxylic acids is 9. The number of benzene rings is 3. The molecule has 0 aromatic heterocycles. The first-order valence-electron chi connectivity index (χ1n) is 29.3. The van der Waals surface area contributed by atoms with E-state index in [0.29, 0.717) is 104 Å². The van der Waals surface area contributed by atoms with Crippen molar-refractivity contribution in [2.75, 3.05) is 70.4 Å². The highest BCUT2D eigenvalue weighted by Gasteiger charge is 2.52. The molecular formula is C62H74N10O15. The normalized spacial score (nSPS) is 19.2. The Hall–Kier alpha value is -9.26. The maximum absolute atomic E-state index is 14.3. The Morgan fingerprint density at radius 3 is 2.05 bits per heavy atom. The number of urea groups is 1. The number of imide groups is 1. The summed E-state index contributed by atoms with van der Waals surface area (Å²) in [6.07, 6.45) is 7.71. The van der Waals surface area contributed by atoms with Gasteiger partial charge in [-0.3, -0.25) is 43.5 Å². The molecule has 462 valence electrons. The van der Waals surface area contributed by atoms with Crippen molar-refractivity contribution in [3.63, 3.8) is 0 Å². The van der Waals surface area contributed by atoms with Gasteiger partial charge in [0.05, 0.1) is 62.0 Å². The molecule has 0 spiro atoms. The van der Waals surface area contributed by atoms with Gasteiger partial charge < -0.3 is 65.6 Å². The number of methoxy groups -OCH3 is 2. The fourth-order valence-electron chi connectivity index (χ4n) is 11.4. The van der Waals surface area contributed by atoms with Crippen LogP contribution in [0.3, 0.4) is 0 Å². The van der Waals surface area contributed by atoms with Crippen LogP contribution in [0.2, 0.25) is 0 Å². The average molecular weight is 1200 g/mol.